The molecular formula is C23H22N2O3. The topological polar surface area (TPSA) is 75.4 Å². The number of aromatic nitrogens is 1. The van der Waals surface area contributed by atoms with Crippen molar-refractivity contribution in [3.63, 3.8) is 0 Å². The van der Waals surface area contributed by atoms with Crippen LogP contribution in [0, 0.1) is 11.3 Å². The molecule has 0 aliphatic rings. The fourth-order valence-corrected chi connectivity index (χ4v) is 2.92. The maximum absolute atomic E-state index is 10.5. The zero-order valence-corrected chi connectivity index (χ0v) is 15.7. The zero-order valence-electron chi connectivity index (χ0n) is 15.7. The molecule has 0 aliphatic heterocycles. The molecule has 0 radical (unpaired) electrons. The van der Waals surface area contributed by atoms with Crippen LogP contribution in [0.4, 0.5) is 0 Å². The van der Waals surface area contributed by atoms with Crippen molar-refractivity contribution in [1.29, 1.82) is 5.26 Å². The smallest absolute Gasteiger partial charge is 0.219 e. The summed E-state index contributed by atoms with van der Waals surface area (Å²) in [7, 11) is 1.59. The van der Waals surface area contributed by atoms with Crippen molar-refractivity contribution >= 4 is 0 Å². The van der Waals surface area contributed by atoms with Gasteiger partial charge in [0.25, 0.3) is 0 Å². The van der Waals surface area contributed by atoms with Crippen molar-refractivity contribution in [2.45, 2.75) is 24.9 Å². The Hall–Kier alpha value is -3.36. The molecule has 0 spiro atoms. The highest BCUT2D eigenvalue weighted by Gasteiger charge is 2.21. The average molecular weight is 374 g/mol. The summed E-state index contributed by atoms with van der Waals surface area (Å²) in [5.74, 6) is 1.34. The monoisotopic (exact) mass is 374 g/mol. The Morgan fingerprint density at radius 3 is 2.39 bits per heavy atom. The summed E-state index contributed by atoms with van der Waals surface area (Å²) in [6.45, 7) is 0. The van der Waals surface area contributed by atoms with Crippen molar-refractivity contribution in [3.05, 3.63) is 84.1 Å². The van der Waals surface area contributed by atoms with Gasteiger partial charge in [-0.3, -0.25) is 0 Å². The van der Waals surface area contributed by atoms with Crippen LogP contribution in [0.15, 0.2) is 72.8 Å². The van der Waals surface area contributed by atoms with Gasteiger partial charge in [0.05, 0.1) is 25.2 Å². The minimum absolute atomic E-state index is 0.423. The van der Waals surface area contributed by atoms with E-state index in [4.69, 9.17) is 9.47 Å². The van der Waals surface area contributed by atoms with Crippen LogP contribution in [-0.2, 0) is 6.42 Å². The van der Waals surface area contributed by atoms with E-state index in [2.05, 4.69) is 11.1 Å². The number of rotatable bonds is 8. The number of hydrogen-bond acceptors (Lipinski definition) is 5. The van der Waals surface area contributed by atoms with E-state index in [9.17, 15) is 10.4 Å². The molecule has 0 saturated heterocycles. The fourth-order valence-electron chi connectivity index (χ4n) is 2.92. The molecule has 2 atom stereocenters. The number of ether oxygens (including phenoxy) is 2. The van der Waals surface area contributed by atoms with Gasteiger partial charge in [-0.2, -0.15) is 5.26 Å². The van der Waals surface area contributed by atoms with Crippen LogP contribution in [0.5, 0.6) is 17.4 Å². The van der Waals surface area contributed by atoms with E-state index in [0.29, 0.717) is 18.7 Å². The van der Waals surface area contributed by atoms with Gasteiger partial charge in [0.15, 0.2) is 0 Å². The van der Waals surface area contributed by atoms with Crippen molar-refractivity contribution in [1.82, 2.24) is 4.98 Å². The van der Waals surface area contributed by atoms with Gasteiger partial charge >= 0.3 is 0 Å². The maximum Gasteiger partial charge on any atom is 0.219 e. The standard InChI is InChI=1S/C23H22N2O3/c1-27-19-13-10-17(11-14-19)21(16-24)22(26)15-12-18-6-5-9-23(25-18)28-20-7-3-2-4-8-20/h2-11,13-14,21-22,26H,12,15H2,1H3. The molecule has 1 N–H and O–H groups in total. The summed E-state index contributed by atoms with van der Waals surface area (Å²) in [5, 5.41) is 20.0. The van der Waals surface area contributed by atoms with Crippen LogP contribution >= 0.6 is 0 Å². The SMILES string of the molecule is COc1ccc(C(C#N)C(O)CCc2cccc(Oc3ccccc3)n2)cc1. The minimum Gasteiger partial charge on any atom is -0.497 e. The second-order valence-corrected chi connectivity index (χ2v) is 6.37. The van der Waals surface area contributed by atoms with Crippen LogP contribution in [0.3, 0.4) is 0 Å². The predicted molar refractivity (Wildman–Crippen MR) is 106 cm³/mol. The van der Waals surface area contributed by atoms with Gasteiger partial charge in [-0.25, -0.2) is 4.98 Å². The number of hydrogen-bond donors (Lipinski definition) is 1. The Kier molecular flexibility index (Phi) is 6.61. The summed E-state index contributed by atoms with van der Waals surface area (Å²) < 4.78 is 10.9. The minimum atomic E-state index is -0.793. The average Bonchev–Trinajstić information content (AvgIpc) is 2.74. The first kappa shape index (κ1) is 19.4. The molecule has 142 valence electrons. The Bertz CT molecular complexity index is 921. The molecule has 3 aromatic rings. The Morgan fingerprint density at radius 2 is 1.71 bits per heavy atom. The van der Waals surface area contributed by atoms with Crippen LogP contribution in [-0.4, -0.2) is 23.3 Å². The largest absolute Gasteiger partial charge is 0.497 e. The molecule has 0 bridgehead atoms. The van der Waals surface area contributed by atoms with E-state index in [1.165, 1.54) is 0 Å². The van der Waals surface area contributed by atoms with E-state index < -0.39 is 12.0 Å². The van der Waals surface area contributed by atoms with Gasteiger partial charge in [-0.05, 0) is 48.7 Å². The van der Waals surface area contributed by atoms with Crippen LogP contribution in [0.2, 0.25) is 0 Å². The second kappa shape index (κ2) is 9.54. The summed E-state index contributed by atoms with van der Waals surface area (Å²) >= 11 is 0. The molecule has 2 unspecified atom stereocenters. The number of methoxy groups -OCH3 is 1. The number of pyridine rings is 1. The Labute approximate surface area is 164 Å². The van der Waals surface area contributed by atoms with Gasteiger partial charge in [0.1, 0.15) is 11.5 Å². The molecule has 0 fully saturated rings. The third-order valence-electron chi connectivity index (χ3n) is 4.44. The summed E-state index contributed by atoms with van der Waals surface area (Å²) in [6, 6.07) is 24.4. The molecule has 1 heterocycles. The number of benzene rings is 2. The normalized spacial score (nSPS) is 12.6. The lowest BCUT2D eigenvalue weighted by Gasteiger charge is -2.17. The molecule has 3 rings (SSSR count). The first-order valence-electron chi connectivity index (χ1n) is 9.10. The number of nitriles is 1. The molecule has 1 aromatic heterocycles. The Balaban J connectivity index is 1.62. The number of para-hydroxylation sites is 1. The molecule has 0 amide bonds. The molecule has 5 nitrogen and oxygen atoms in total. The van der Waals surface area contributed by atoms with E-state index in [1.54, 1.807) is 25.3 Å². The highest BCUT2D eigenvalue weighted by atomic mass is 16.5. The van der Waals surface area contributed by atoms with Crippen molar-refractivity contribution in [2.75, 3.05) is 7.11 Å². The molecule has 2 aromatic carbocycles. The summed E-state index contributed by atoms with van der Waals surface area (Å²) in [4.78, 5) is 4.49. The zero-order chi connectivity index (χ0) is 19.8. The fraction of sp³-hybridized carbons (Fsp3) is 0.217. The van der Waals surface area contributed by atoms with Crippen LogP contribution < -0.4 is 9.47 Å². The third kappa shape index (κ3) is 5.09. The van der Waals surface area contributed by atoms with Crippen molar-refractivity contribution in [2.24, 2.45) is 0 Å². The predicted octanol–water partition coefficient (Wildman–Crippen LogP) is 4.48. The third-order valence-corrected chi connectivity index (χ3v) is 4.44. The first-order chi connectivity index (χ1) is 13.7. The van der Waals surface area contributed by atoms with Gasteiger partial charge in [0.2, 0.25) is 5.88 Å². The molecule has 0 aliphatic carbocycles. The van der Waals surface area contributed by atoms with E-state index in [1.807, 2.05) is 54.6 Å². The number of aryl methyl sites for hydroxylation is 1. The van der Waals surface area contributed by atoms with Gasteiger partial charge in [-0.15, -0.1) is 0 Å². The van der Waals surface area contributed by atoms with Gasteiger partial charge in [-0.1, -0.05) is 36.4 Å². The summed E-state index contributed by atoms with van der Waals surface area (Å²) in [5.41, 5.74) is 1.57. The molecule has 28 heavy (non-hydrogen) atoms. The molecular weight excluding hydrogens is 352 g/mol. The lowest BCUT2D eigenvalue weighted by atomic mass is 9.91. The van der Waals surface area contributed by atoms with E-state index >= 15 is 0 Å². The molecule has 5 heteroatoms. The van der Waals surface area contributed by atoms with Crippen LogP contribution in [0.25, 0.3) is 0 Å². The second-order valence-electron chi connectivity index (χ2n) is 6.37. The van der Waals surface area contributed by atoms with Gasteiger partial charge < -0.3 is 14.6 Å². The number of aliphatic hydroxyl groups is 1. The number of aliphatic hydroxyl groups excluding tert-OH is 1. The lowest BCUT2D eigenvalue weighted by molar-refractivity contribution is 0.151. The maximum atomic E-state index is 10.5. The van der Waals surface area contributed by atoms with Crippen molar-refractivity contribution < 1.29 is 14.6 Å². The van der Waals surface area contributed by atoms with Crippen LogP contribution in [0.1, 0.15) is 23.6 Å². The number of nitrogens with zero attached hydrogens (tertiary/aromatic N) is 2. The Morgan fingerprint density at radius 1 is 0.964 bits per heavy atom. The van der Waals surface area contributed by atoms with Crippen molar-refractivity contribution in [3.8, 4) is 23.4 Å². The highest BCUT2D eigenvalue weighted by molar-refractivity contribution is 5.33. The summed E-state index contributed by atoms with van der Waals surface area (Å²) in [6.07, 6.45) is 0.173. The van der Waals surface area contributed by atoms with Gasteiger partial charge in [0, 0.05) is 11.8 Å². The van der Waals surface area contributed by atoms with E-state index in [0.717, 1.165) is 22.8 Å². The highest BCUT2D eigenvalue weighted by Crippen LogP contribution is 2.25. The van der Waals surface area contributed by atoms with E-state index in [-0.39, 0.29) is 0 Å². The first-order valence-corrected chi connectivity index (χ1v) is 9.10. The lowest BCUT2D eigenvalue weighted by Crippen LogP contribution is -2.18. The quantitative estimate of drug-likeness (QED) is 0.629. The molecule has 0 saturated carbocycles.